The molecular weight excluding hydrogens is 382 g/mol. The molecule has 7 heteroatoms. The Morgan fingerprint density at radius 1 is 1.00 bits per heavy atom. The SMILES string of the molecule is CC(=O)OC(=O)C(Oc1ccccc1)N1CCN(c2ccnc3c2CCCC3)CC1. The zero-order valence-electron chi connectivity index (χ0n) is 17.3. The molecule has 1 saturated heterocycles. The normalized spacial score (nSPS) is 17.7. The van der Waals surface area contributed by atoms with Gasteiger partial charge in [0.05, 0.1) is 0 Å². The second kappa shape index (κ2) is 9.26. The number of piperazine rings is 1. The maximum atomic E-state index is 12.6. The van der Waals surface area contributed by atoms with E-state index >= 15 is 0 Å². The molecule has 1 aromatic carbocycles. The summed E-state index contributed by atoms with van der Waals surface area (Å²) in [6.45, 7) is 4.00. The minimum absolute atomic E-state index is 0.564. The summed E-state index contributed by atoms with van der Waals surface area (Å²) >= 11 is 0. The van der Waals surface area contributed by atoms with E-state index in [1.807, 2.05) is 29.3 Å². The molecule has 1 fully saturated rings. The molecule has 0 amide bonds. The maximum absolute atomic E-state index is 12.6. The van der Waals surface area contributed by atoms with Gasteiger partial charge in [0.2, 0.25) is 0 Å². The number of pyridine rings is 1. The molecule has 2 heterocycles. The van der Waals surface area contributed by atoms with Crippen molar-refractivity contribution in [3.05, 3.63) is 53.9 Å². The van der Waals surface area contributed by atoms with E-state index in [4.69, 9.17) is 9.47 Å². The molecule has 30 heavy (non-hydrogen) atoms. The van der Waals surface area contributed by atoms with Crippen molar-refractivity contribution in [1.29, 1.82) is 0 Å². The Balaban J connectivity index is 1.47. The van der Waals surface area contributed by atoms with Crippen LogP contribution in [0.25, 0.3) is 0 Å². The molecule has 0 saturated carbocycles. The second-order valence-electron chi connectivity index (χ2n) is 7.68. The Hall–Kier alpha value is -2.93. The van der Waals surface area contributed by atoms with Crippen molar-refractivity contribution >= 4 is 17.6 Å². The summed E-state index contributed by atoms with van der Waals surface area (Å²) in [5.74, 6) is -0.751. The first-order valence-electron chi connectivity index (χ1n) is 10.5. The fourth-order valence-corrected chi connectivity index (χ4v) is 4.19. The Bertz CT molecular complexity index is 895. The van der Waals surface area contributed by atoms with Gasteiger partial charge in [-0.3, -0.25) is 14.7 Å². The summed E-state index contributed by atoms with van der Waals surface area (Å²) in [5, 5.41) is 0. The minimum Gasteiger partial charge on any atom is -0.464 e. The van der Waals surface area contributed by atoms with Gasteiger partial charge in [0.15, 0.2) is 0 Å². The third-order valence-electron chi connectivity index (χ3n) is 5.63. The Morgan fingerprint density at radius 3 is 2.47 bits per heavy atom. The number of nitrogens with zero attached hydrogens (tertiary/aromatic N) is 3. The van der Waals surface area contributed by atoms with Crippen LogP contribution in [-0.2, 0) is 27.2 Å². The van der Waals surface area contributed by atoms with E-state index in [-0.39, 0.29) is 0 Å². The lowest BCUT2D eigenvalue weighted by atomic mass is 9.94. The number of fused-ring (bicyclic) bond motifs is 1. The number of para-hydroxylation sites is 1. The highest BCUT2D eigenvalue weighted by Gasteiger charge is 2.33. The van der Waals surface area contributed by atoms with Crippen LogP contribution in [0.3, 0.4) is 0 Å². The van der Waals surface area contributed by atoms with Gasteiger partial charge in [0.25, 0.3) is 6.23 Å². The number of benzene rings is 1. The van der Waals surface area contributed by atoms with Crippen molar-refractivity contribution in [2.24, 2.45) is 0 Å². The van der Waals surface area contributed by atoms with E-state index < -0.39 is 18.2 Å². The van der Waals surface area contributed by atoms with Crippen LogP contribution in [0.4, 0.5) is 5.69 Å². The van der Waals surface area contributed by atoms with Crippen molar-refractivity contribution < 1.29 is 19.1 Å². The van der Waals surface area contributed by atoms with Gasteiger partial charge in [-0.25, -0.2) is 4.79 Å². The van der Waals surface area contributed by atoms with E-state index in [9.17, 15) is 9.59 Å². The van der Waals surface area contributed by atoms with E-state index in [0.29, 0.717) is 18.8 Å². The molecule has 0 radical (unpaired) electrons. The number of carbonyl (C=O) groups excluding carboxylic acids is 2. The number of esters is 2. The molecule has 2 aliphatic rings. The van der Waals surface area contributed by atoms with E-state index in [2.05, 4.69) is 16.0 Å². The van der Waals surface area contributed by atoms with E-state index in [1.165, 1.54) is 36.7 Å². The van der Waals surface area contributed by atoms with Crippen molar-refractivity contribution in [2.75, 3.05) is 31.1 Å². The number of hydrogen-bond acceptors (Lipinski definition) is 7. The molecule has 0 N–H and O–H groups in total. The molecule has 0 spiro atoms. The van der Waals surface area contributed by atoms with Crippen molar-refractivity contribution in [3.63, 3.8) is 0 Å². The average Bonchev–Trinajstić information content (AvgIpc) is 2.77. The molecule has 158 valence electrons. The van der Waals surface area contributed by atoms with Crippen LogP contribution in [0.5, 0.6) is 5.75 Å². The van der Waals surface area contributed by atoms with Crippen molar-refractivity contribution in [1.82, 2.24) is 9.88 Å². The first-order valence-corrected chi connectivity index (χ1v) is 10.5. The molecule has 7 nitrogen and oxygen atoms in total. The third-order valence-corrected chi connectivity index (χ3v) is 5.63. The van der Waals surface area contributed by atoms with Crippen LogP contribution < -0.4 is 9.64 Å². The van der Waals surface area contributed by atoms with Gasteiger partial charge in [-0.05, 0) is 49.4 Å². The highest BCUT2D eigenvalue weighted by molar-refractivity contribution is 5.86. The monoisotopic (exact) mass is 409 g/mol. The first-order chi connectivity index (χ1) is 14.6. The molecular formula is C23H27N3O4. The number of anilines is 1. The molecule has 1 aromatic heterocycles. The highest BCUT2D eigenvalue weighted by atomic mass is 16.6. The number of aromatic nitrogens is 1. The van der Waals surface area contributed by atoms with Crippen LogP contribution in [0.2, 0.25) is 0 Å². The van der Waals surface area contributed by atoms with Crippen molar-refractivity contribution in [3.8, 4) is 5.75 Å². The summed E-state index contributed by atoms with van der Waals surface area (Å²) in [7, 11) is 0. The van der Waals surface area contributed by atoms with Gasteiger partial charge in [0.1, 0.15) is 5.75 Å². The molecule has 0 bridgehead atoms. The number of carbonyl (C=O) groups is 2. The third kappa shape index (κ3) is 4.62. The van der Waals surface area contributed by atoms with Gasteiger partial charge in [-0.15, -0.1) is 0 Å². The summed E-state index contributed by atoms with van der Waals surface area (Å²) in [5.41, 5.74) is 3.84. The van der Waals surface area contributed by atoms with Gasteiger partial charge in [-0.1, -0.05) is 18.2 Å². The van der Waals surface area contributed by atoms with E-state index in [1.54, 1.807) is 12.1 Å². The molecule has 1 unspecified atom stereocenters. The van der Waals surface area contributed by atoms with Crippen LogP contribution in [0.1, 0.15) is 31.0 Å². The molecule has 1 aliphatic carbocycles. The van der Waals surface area contributed by atoms with Gasteiger partial charge in [-0.2, -0.15) is 0 Å². The maximum Gasteiger partial charge on any atom is 0.370 e. The zero-order valence-corrected chi connectivity index (χ0v) is 17.3. The first kappa shape index (κ1) is 20.3. The lowest BCUT2D eigenvalue weighted by Crippen LogP contribution is -2.55. The number of rotatable bonds is 5. The topological polar surface area (TPSA) is 72.0 Å². The standard InChI is InChI=1S/C23H27N3O4/c1-17(27)29-23(28)22(30-18-7-3-2-4-8-18)26-15-13-25(14-16-26)21-11-12-24-20-10-6-5-9-19(20)21/h2-4,7-8,11-12,22H,5-6,9-10,13-16H2,1H3. The fourth-order valence-electron chi connectivity index (χ4n) is 4.19. The van der Waals surface area contributed by atoms with Gasteiger partial charge in [0, 0.05) is 50.7 Å². The summed E-state index contributed by atoms with van der Waals surface area (Å²) in [6, 6.07) is 11.2. The van der Waals surface area contributed by atoms with Crippen molar-refractivity contribution in [2.45, 2.75) is 38.8 Å². The molecule has 1 aliphatic heterocycles. The number of aryl methyl sites for hydroxylation is 1. The zero-order chi connectivity index (χ0) is 20.9. The predicted octanol–water partition coefficient (Wildman–Crippen LogP) is 2.58. The van der Waals surface area contributed by atoms with Crippen LogP contribution in [0, 0.1) is 0 Å². The molecule has 2 aromatic rings. The summed E-state index contributed by atoms with van der Waals surface area (Å²) in [6.07, 6.45) is 5.47. The van der Waals surface area contributed by atoms with E-state index in [0.717, 1.165) is 25.9 Å². The highest BCUT2D eigenvalue weighted by Crippen LogP contribution is 2.30. The second-order valence-corrected chi connectivity index (χ2v) is 7.68. The Labute approximate surface area is 176 Å². The lowest BCUT2D eigenvalue weighted by Gasteiger charge is -2.39. The Morgan fingerprint density at radius 2 is 1.73 bits per heavy atom. The largest absolute Gasteiger partial charge is 0.464 e. The van der Waals surface area contributed by atoms with Crippen LogP contribution in [-0.4, -0.2) is 54.2 Å². The Kier molecular flexibility index (Phi) is 6.28. The molecule has 1 atom stereocenters. The minimum atomic E-state index is -0.954. The molecule has 4 rings (SSSR count). The van der Waals surface area contributed by atoms with Gasteiger partial charge < -0.3 is 14.4 Å². The average molecular weight is 409 g/mol. The van der Waals surface area contributed by atoms with Gasteiger partial charge >= 0.3 is 11.9 Å². The quantitative estimate of drug-likeness (QED) is 0.555. The predicted molar refractivity (Wildman–Crippen MR) is 112 cm³/mol. The number of hydrogen-bond donors (Lipinski definition) is 0. The summed E-state index contributed by atoms with van der Waals surface area (Å²) in [4.78, 5) is 32.8. The number of ether oxygens (including phenoxy) is 2. The summed E-state index contributed by atoms with van der Waals surface area (Å²) < 4.78 is 10.8. The van der Waals surface area contributed by atoms with Crippen LogP contribution in [0.15, 0.2) is 42.6 Å². The van der Waals surface area contributed by atoms with Crippen LogP contribution >= 0.6 is 0 Å². The fraction of sp³-hybridized carbons (Fsp3) is 0.435. The lowest BCUT2D eigenvalue weighted by molar-refractivity contribution is -0.170. The smallest absolute Gasteiger partial charge is 0.370 e.